The molecule has 25 heavy (non-hydrogen) atoms. The van der Waals surface area contributed by atoms with Gasteiger partial charge < -0.3 is 15.5 Å². The summed E-state index contributed by atoms with van der Waals surface area (Å²) in [6.45, 7) is 2.61. The number of hydrogen-bond acceptors (Lipinski definition) is 4. The predicted octanol–water partition coefficient (Wildman–Crippen LogP) is 0.641. The van der Waals surface area contributed by atoms with Crippen LogP contribution in [0.2, 0.25) is 0 Å². The molecule has 1 aromatic carbocycles. The van der Waals surface area contributed by atoms with Gasteiger partial charge in [0.2, 0.25) is 11.8 Å². The largest absolute Gasteiger partial charge is 0.369 e. The van der Waals surface area contributed by atoms with Crippen LogP contribution < -0.4 is 5.73 Å². The van der Waals surface area contributed by atoms with E-state index >= 15 is 0 Å². The molecule has 0 aliphatic carbocycles. The Balaban J connectivity index is 1.92. The Morgan fingerprint density at radius 2 is 1.76 bits per heavy atom. The van der Waals surface area contributed by atoms with Crippen molar-refractivity contribution in [3.05, 3.63) is 42.1 Å². The molecular formula is C18H20N4O3. The highest BCUT2D eigenvalue weighted by Crippen LogP contribution is 2.19. The average molecular weight is 340 g/mol. The number of nitrogens with zero attached hydrogens (tertiary/aromatic N) is 3. The summed E-state index contributed by atoms with van der Waals surface area (Å²) in [5, 5.41) is 0.875. The lowest BCUT2D eigenvalue weighted by Gasteiger charge is -2.23. The molecule has 3 amide bonds. The van der Waals surface area contributed by atoms with Crippen molar-refractivity contribution in [3.8, 4) is 0 Å². The van der Waals surface area contributed by atoms with Crippen molar-refractivity contribution in [3.63, 3.8) is 0 Å². The predicted molar refractivity (Wildman–Crippen MR) is 92.6 cm³/mol. The molecule has 1 aromatic heterocycles. The molecule has 0 saturated carbocycles. The molecule has 0 unspecified atom stereocenters. The SMILES string of the molecule is CC(=O)N1CCN(C(=O)c2cccc3cccnc23)C[C@@H](C(N)=O)C1. The first kappa shape index (κ1) is 16.9. The van der Waals surface area contributed by atoms with E-state index in [0.717, 1.165) is 5.39 Å². The third-order valence-electron chi connectivity index (χ3n) is 4.52. The maximum Gasteiger partial charge on any atom is 0.256 e. The second kappa shape index (κ2) is 6.88. The highest BCUT2D eigenvalue weighted by Gasteiger charge is 2.30. The maximum atomic E-state index is 13.0. The fraction of sp³-hybridized carbons (Fsp3) is 0.333. The van der Waals surface area contributed by atoms with Gasteiger partial charge in [-0.05, 0) is 12.1 Å². The smallest absolute Gasteiger partial charge is 0.256 e. The summed E-state index contributed by atoms with van der Waals surface area (Å²) in [5.74, 6) is -1.44. The minimum atomic E-state index is -0.585. The monoisotopic (exact) mass is 340 g/mol. The lowest BCUT2D eigenvalue weighted by atomic mass is 10.1. The van der Waals surface area contributed by atoms with Crippen LogP contribution in [0.5, 0.6) is 0 Å². The molecular weight excluding hydrogens is 320 g/mol. The van der Waals surface area contributed by atoms with Gasteiger partial charge in [-0.15, -0.1) is 0 Å². The van der Waals surface area contributed by atoms with Crippen molar-refractivity contribution in [2.45, 2.75) is 6.92 Å². The number of carbonyl (C=O) groups is 3. The number of aromatic nitrogens is 1. The molecule has 3 rings (SSSR count). The van der Waals surface area contributed by atoms with E-state index in [2.05, 4.69) is 4.98 Å². The van der Waals surface area contributed by atoms with E-state index in [1.54, 1.807) is 22.1 Å². The molecule has 0 spiro atoms. The molecule has 1 aliphatic rings. The van der Waals surface area contributed by atoms with E-state index in [0.29, 0.717) is 24.2 Å². The molecule has 0 radical (unpaired) electrons. The molecule has 130 valence electrons. The van der Waals surface area contributed by atoms with E-state index < -0.39 is 11.8 Å². The number of nitrogens with two attached hydrogens (primary N) is 1. The van der Waals surface area contributed by atoms with Gasteiger partial charge >= 0.3 is 0 Å². The lowest BCUT2D eigenvalue weighted by Crippen LogP contribution is -2.41. The fourth-order valence-electron chi connectivity index (χ4n) is 3.11. The second-order valence-corrected chi connectivity index (χ2v) is 6.20. The number of primary amides is 1. The van der Waals surface area contributed by atoms with Crippen LogP contribution in [0.1, 0.15) is 17.3 Å². The Hall–Kier alpha value is -2.96. The van der Waals surface area contributed by atoms with Crippen molar-refractivity contribution >= 4 is 28.6 Å². The van der Waals surface area contributed by atoms with Gasteiger partial charge in [-0.25, -0.2) is 0 Å². The van der Waals surface area contributed by atoms with E-state index in [-0.39, 0.29) is 24.9 Å². The third-order valence-corrected chi connectivity index (χ3v) is 4.52. The standard InChI is InChI=1S/C18H20N4O3/c1-12(23)21-8-9-22(11-14(10-21)17(19)24)18(25)15-6-2-4-13-5-3-7-20-16(13)15/h2-7,14H,8-11H2,1H3,(H2,19,24)/t14-/m0/s1. The van der Waals surface area contributed by atoms with Gasteiger partial charge in [0.25, 0.3) is 5.91 Å². The first-order chi connectivity index (χ1) is 12.0. The molecule has 7 heteroatoms. The van der Waals surface area contributed by atoms with Crippen LogP contribution >= 0.6 is 0 Å². The number of fused-ring (bicyclic) bond motifs is 1. The van der Waals surface area contributed by atoms with E-state index in [1.165, 1.54) is 6.92 Å². The summed E-state index contributed by atoms with van der Waals surface area (Å²) in [6, 6.07) is 9.14. The molecule has 1 fully saturated rings. The zero-order valence-corrected chi connectivity index (χ0v) is 14.0. The first-order valence-corrected chi connectivity index (χ1v) is 8.15. The quantitative estimate of drug-likeness (QED) is 0.867. The van der Waals surface area contributed by atoms with Gasteiger partial charge in [-0.1, -0.05) is 18.2 Å². The second-order valence-electron chi connectivity index (χ2n) is 6.20. The maximum absolute atomic E-state index is 13.0. The van der Waals surface area contributed by atoms with E-state index in [1.807, 2.05) is 24.3 Å². The number of pyridine rings is 1. The van der Waals surface area contributed by atoms with Gasteiger partial charge in [0.15, 0.2) is 0 Å². The normalized spacial score (nSPS) is 18.0. The van der Waals surface area contributed by atoms with Gasteiger partial charge in [0, 0.05) is 44.7 Å². The lowest BCUT2D eigenvalue weighted by molar-refractivity contribution is -0.130. The number of carbonyl (C=O) groups excluding carboxylic acids is 3. The molecule has 2 heterocycles. The summed E-state index contributed by atoms with van der Waals surface area (Å²) >= 11 is 0. The van der Waals surface area contributed by atoms with E-state index in [4.69, 9.17) is 5.73 Å². The van der Waals surface area contributed by atoms with Gasteiger partial charge in [0.1, 0.15) is 0 Å². The summed E-state index contributed by atoms with van der Waals surface area (Å²) < 4.78 is 0. The Morgan fingerprint density at radius 3 is 2.48 bits per heavy atom. The van der Waals surface area contributed by atoms with Gasteiger partial charge in [-0.3, -0.25) is 19.4 Å². The summed E-state index contributed by atoms with van der Waals surface area (Å²) in [6.07, 6.45) is 1.64. The number of rotatable bonds is 2. The zero-order chi connectivity index (χ0) is 18.0. The molecule has 1 aliphatic heterocycles. The summed E-state index contributed by atoms with van der Waals surface area (Å²) in [4.78, 5) is 43.9. The van der Waals surface area contributed by atoms with Crippen LogP contribution in [0.3, 0.4) is 0 Å². The molecule has 7 nitrogen and oxygen atoms in total. The zero-order valence-electron chi connectivity index (χ0n) is 14.0. The Morgan fingerprint density at radius 1 is 1.08 bits per heavy atom. The Bertz CT molecular complexity index is 831. The van der Waals surface area contributed by atoms with Crippen molar-refractivity contribution in [1.82, 2.24) is 14.8 Å². The molecule has 2 aromatic rings. The molecule has 2 N–H and O–H groups in total. The van der Waals surface area contributed by atoms with Crippen molar-refractivity contribution in [2.75, 3.05) is 26.2 Å². The van der Waals surface area contributed by atoms with E-state index in [9.17, 15) is 14.4 Å². The molecule has 1 saturated heterocycles. The van der Waals surface area contributed by atoms with Crippen LogP contribution in [-0.2, 0) is 9.59 Å². The highest BCUT2D eigenvalue weighted by atomic mass is 16.2. The number of para-hydroxylation sites is 1. The average Bonchev–Trinajstić information content (AvgIpc) is 2.84. The summed E-state index contributed by atoms with van der Waals surface area (Å²) in [5.41, 5.74) is 6.57. The highest BCUT2D eigenvalue weighted by molar-refractivity contribution is 6.05. The van der Waals surface area contributed by atoms with Crippen molar-refractivity contribution in [1.29, 1.82) is 0 Å². The van der Waals surface area contributed by atoms with Crippen LogP contribution in [-0.4, -0.2) is 58.7 Å². The fourth-order valence-corrected chi connectivity index (χ4v) is 3.11. The first-order valence-electron chi connectivity index (χ1n) is 8.15. The molecule has 1 atom stereocenters. The van der Waals surface area contributed by atoms with Crippen molar-refractivity contribution in [2.24, 2.45) is 11.7 Å². The third kappa shape index (κ3) is 3.45. The number of benzene rings is 1. The topological polar surface area (TPSA) is 96.6 Å². The molecule has 0 bridgehead atoms. The van der Waals surface area contributed by atoms with Crippen LogP contribution in [0.15, 0.2) is 36.5 Å². The minimum absolute atomic E-state index is 0.132. The number of amides is 3. The van der Waals surface area contributed by atoms with Crippen molar-refractivity contribution < 1.29 is 14.4 Å². The Kier molecular flexibility index (Phi) is 4.65. The van der Waals surface area contributed by atoms with Gasteiger partial charge in [0.05, 0.1) is 17.0 Å². The number of hydrogen-bond donors (Lipinski definition) is 1. The summed E-state index contributed by atoms with van der Waals surface area (Å²) in [7, 11) is 0. The van der Waals surface area contributed by atoms with Crippen LogP contribution in [0.25, 0.3) is 10.9 Å². The Labute approximate surface area is 145 Å². The van der Waals surface area contributed by atoms with Crippen LogP contribution in [0, 0.1) is 5.92 Å². The van der Waals surface area contributed by atoms with Gasteiger partial charge in [-0.2, -0.15) is 0 Å². The minimum Gasteiger partial charge on any atom is -0.369 e. The van der Waals surface area contributed by atoms with Crippen LogP contribution in [0.4, 0.5) is 0 Å².